The van der Waals surface area contributed by atoms with E-state index in [0.29, 0.717) is 5.69 Å². The smallest absolute Gasteiger partial charge is 0.333 e. The van der Waals surface area contributed by atoms with Gasteiger partial charge < -0.3 is 10.2 Å². The van der Waals surface area contributed by atoms with Crippen molar-refractivity contribution in [2.45, 2.75) is 51.0 Å². The van der Waals surface area contributed by atoms with E-state index in [1.54, 1.807) is 13.8 Å². The maximum absolute atomic E-state index is 10.9. The number of aliphatic hydroxyl groups is 1. The first-order chi connectivity index (χ1) is 7.94. The van der Waals surface area contributed by atoms with Crippen LogP contribution < -0.4 is 0 Å². The van der Waals surface area contributed by atoms with Gasteiger partial charge in [0.1, 0.15) is 0 Å². The summed E-state index contributed by atoms with van der Waals surface area (Å²) in [6.45, 7) is 3.44. The van der Waals surface area contributed by atoms with Crippen LogP contribution in [0.3, 0.4) is 0 Å². The topological polar surface area (TPSA) is 86.2 Å². The quantitative estimate of drug-likeness (QED) is 0.733. The lowest BCUT2D eigenvalue weighted by Gasteiger charge is -2.27. The molecule has 0 aromatic carbocycles. The van der Waals surface area contributed by atoms with Crippen molar-refractivity contribution in [2.24, 2.45) is 0 Å². The van der Waals surface area contributed by atoms with E-state index in [0.717, 1.165) is 36.9 Å². The van der Waals surface area contributed by atoms with Crippen molar-refractivity contribution in [3.63, 3.8) is 0 Å². The number of carboxylic acid groups (broad SMARTS) is 1. The molecule has 1 aromatic heterocycles. The highest BCUT2D eigenvalue weighted by Gasteiger charge is 2.39. The molecule has 1 unspecified atom stereocenters. The number of rotatable bonds is 3. The van der Waals surface area contributed by atoms with Gasteiger partial charge in [-0.15, -0.1) is 0 Å². The molecule has 0 spiro atoms. The molecule has 1 aromatic rings. The molecule has 3 N–H and O–H groups in total. The number of carbonyl (C=O) groups is 1. The lowest BCUT2D eigenvalue weighted by Crippen LogP contribution is -2.40. The summed E-state index contributed by atoms with van der Waals surface area (Å²) >= 11 is 0. The minimum absolute atomic E-state index is 0.696. The molecule has 0 bridgehead atoms. The molecule has 0 aliphatic heterocycles. The summed E-state index contributed by atoms with van der Waals surface area (Å²) in [4.78, 5) is 10.9. The van der Waals surface area contributed by atoms with Gasteiger partial charge in [-0.3, -0.25) is 5.10 Å². The second-order valence-corrected chi connectivity index (χ2v) is 5.20. The van der Waals surface area contributed by atoms with Gasteiger partial charge >= 0.3 is 5.97 Å². The Kier molecular flexibility index (Phi) is 2.95. The molecule has 0 saturated heterocycles. The van der Waals surface area contributed by atoms with E-state index in [9.17, 15) is 9.90 Å². The van der Waals surface area contributed by atoms with Gasteiger partial charge in [0.05, 0.1) is 5.69 Å². The third-order valence-electron chi connectivity index (χ3n) is 3.58. The van der Waals surface area contributed by atoms with Crippen molar-refractivity contribution >= 4 is 5.97 Å². The lowest BCUT2D eigenvalue weighted by atomic mass is 9.79. The number of aromatic nitrogens is 2. The van der Waals surface area contributed by atoms with Crippen molar-refractivity contribution in [1.29, 1.82) is 0 Å². The summed E-state index contributed by atoms with van der Waals surface area (Å²) in [5.74, 6) is -1.21. The highest BCUT2D eigenvalue weighted by molar-refractivity contribution is 5.74. The third kappa shape index (κ3) is 1.95. The van der Waals surface area contributed by atoms with E-state index in [1.165, 1.54) is 0 Å². The van der Waals surface area contributed by atoms with Crippen molar-refractivity contribution in [3.05, 3.63) is 17.0 Å². The first-order valence-corrected chi connectivity index (χ1v) is 5.92. The van der Waals surface area contributed by atoms with E-state index >= 15 is 0 Å². The number of hydrogen-bond acceptors (Lipinski definition) is 3. The first kappa shape index (κ1) is 12.1. The predicted octanol–water partition coefficient (Wildman–Crippen LogP) is 1.01. The average Bonchev–Trinajstić information content (AvgIpc) is 2.72. The fraction of sp³-hybridized carbons (Fsp3) is 0.667. The number of hydrogen-bond donors (Lipinski definition) is 3. The fourth-order valence-corrected chi connectivity index (χ4v) is 2.45. The average molecular weight is 238 g/mol. The largest absolute Gasteiger partial charge is 0.479 e. The minimum atomic E-state index is -1.43. The molecule has 1 aliphatic carbocycles. The predicted molar refractivity (Wildman–Crippen MR) is 61.9 cm³/mol. The van der Waals surface area contributed by atoms with Crippen LogP contribution in [0.1, 0.15) is 43.6 Å². The van der Waals surface area contributed by atoms with E-state index in [-0.39, 0.29) is 0 Å². The number of fused-ring (bicyclic) bond motifs is 1. The second-order valence-electron chi connectivity index (χ2n) is 5.20. The van der Waals surface area contributed by atoms with E-state index < -0.39 is 17.5 Å². The summed E-state index contributed by atoms with van der Waals surface area (Å²) in [7, 11) is 0. The maximum atomic E-state index is 10.9. The summed E-state index contributed by atoms with van der Waals surface area (Å²) in [5, 5.41) is 25.9. The van der Waals surface area contributed by atoms with Crippen LogP contribution in [-0.4, -0.2) is 32.5 Å². The Morgan fingerprint density at radius 3 is 2.71 bits per heavy atom. The molecule has 5 heteroatoms. The number of aliphatic hydroxyl groups excluding tert-OH is 1. The Morgan fingerprint density at radius 2 is 2.06 bits per heavy atom. The lowest BCUT2D eigenvalue weighted by molar-refractivity contribution is -0.150. The molecular weight excluding hydrogens is 220 g/mol. The summed E-state index contributed by atoms with van der Waals surface area (Å²) in [6, 6.07) is 0. The highest BCUT2D eigenvalue weighted by atomic mass is 16.4. The Bertz CT molecular complexity index is 437. The summed E-state index contributed by atoms with van der Waals surface area (Å²) < 4.78 is 0. The molecule has 1 atom stereocenters. The van der Waals surface area contributed by atoms with Gasteiger partial charge in [-0.1, -0.05) is 13.8 Å². The maximum Gasteiger partial charge on any atom is 0.333 e. The van der Waals surface area contributed by atoms with Gasteiger partial charge in [-0.05, 0) is 31.2 Å². The van der Waals surface area contributed by atoms with Gasteiger partial charge in [0.15, 0.2) is 6.10 Å². The molecule has 1 aliphatic rings. The molecular formula is C12H18N2O3. The number of nitrogens with zero attached hydrogens (tertiary/aromatic N) is 1. The Hall–Kier alpha value is -1.36. The van der Waals surface area contributed by atoms with Crippen LogP contribution in [0.15, 0.2) is 0 Å². The molecule has 0 radical (unpaired) electrons. The van der Waals surface area contributed by atoms with Crippen LogP contribution >= 0.6 is 0 Å². The Balaban J connectivity index is 2.39. The molecule has 5 nitrogen and oxygen atoms in total. The number of H-pyrrole nitrogens is 1. The van der Waals surface area contributed by atoms with Crippen molar-refractivity contribution < 1.29 is 15.0 Å². The van der Waals surface area contributed by atoms with Crippen LogP contribution in [0.5, 0.6) is 0 Å². The zero-order chi connectivity index (χ0) is 12.6. The van der Waals surface area contributed by atoms with Crippen LogP contribution in [0.2, 0.25) is 0 Å². The van der Waals surface area contributed by atoms with Crippen molar-refractivity contribution in [1.82, 2.24) is 10.2 Å². The first-order valence-electron chi connectivity index (χ1n) is 5.92. The molecule has 17 heavy (non-hydrogen) atoms. The zero-order valence-electron chi connectivity index (χ0n) is 10.2. The summed E-state index contributed by atoms with van der Waals surface area (Å²) in [6.07, 6.45) is 2.67. The van der Waals surface area contributed by atoms with Gasteiger partial charge in [0.25, 0.3) is 0 Å². The number of aliphatic carboxylic acids is 1. The van der Waals surface area contributed by atoms with E-state index in [1.807, 2.05) is 0 Å². The summed E-state index contributed by atoms with van der Waals surface area (Å²) in [5.41, 5.74) is 2.02. The fourth-order valence-electron chi connectivity index (χ4n) is 2.45. The standard InChI is InChI=1S/C12H18N2O3/c1-12(2,10(15)11(16)17)9-7-5-3-4-6-8(7)13-14-9/h10,15H,3-6H2,1-2H3,(H,13,14)(H,16,17). The van der Waals surface area contributed by atoms with Crippen LogP contribution in [0.4, 0.5) is 0 Å². The number of aryl methyl sites for hydroxylation is 1. The highest BCUT2D eigenvalue weighted by Crippen LogP contribution is 2.33. The van der Waals surface area contributed by atoms with Gasteiger partial charge in [0.2, 0.25) is 0 Å². The Labute approximate surface area is 99.9 Å². The SMILES string of the molecule is CC(C)(c1n[nH]c2c1CCCC2)C(O)C(=O)O. The van der Waals surface area contributed by atoms with Crippen LogP contribution in [0, 0.1) is 0 Å². The molecule has 0 amide bonds. The van der Waals surface area contributed by atoms with Crippen LogP contribution in [-0.2, 0) is 23.1 Å². The Morgan fingerprint density at radius 1 is 1.41 bits per heavy atom. The number of aromatic amines is 1. The van der Waals surface area contributed by atoms with Crippen molar-refractivity contribution in [2.75, 3.05) is 0 Å². The monoisotopic (exact) mass is 238 g/mol. The molecule has 0 saturated carbocycles. The molecule has 2 rings (SSSR count). The molecule has 94 valence electrons. The van der Waals surface area contributed by atoms with Crippen LogP contribution in [0.25, 0.3) is 0 Å². The van der Waals surface area contributed by atoms with Crippen molar-refractivity contribution in [3.8, 4) is 0 Å². The van der Waals surface area contributed by atoms with Gasteiger partial charge in [0, 0.05) is 11.1 Å². The van der Waals surface area contributed by atoms with Gasteiger partial charge in [-0.2, -0.15) is 5.10 Å². The third-order valence-corrected chi connectivity index (χ3v) is 3.58. The van der Waals surface area contributed by atoms with Gasteiger partial charge in [-0.25, -0.2) is 4.79 Å². The van der Waals surface area contributed by atoms with E-state index in [4.69, 9.17) is 5.11 Å². The minimum Gasteiger partial charge on any atom is -0.479 e. The number of carboxylic acids is 1. The number of nitrogens with one attached hydrogen (secondary N) is 1. The second kappa shape index (κ2) is 4.14. The van der Waals surface area contributed by atoms with E-state index in [2.05, 4.69) is 10.2 Å². The zero-order valence-corrected chi connectivity index (χ0v) is 10.2. The normalized spacial score (nSPS) is 17.6. The molecule has 1 heterocycles. The molecule has 0 fully saturated rings.